The van der Waals surface area contributed by atoms with Gasteiger partial charge in [-0.2, -0.15) is 0 Å². The summed E-state index contributed by atoms with van der Waals surface area (Å²) >= 11 is 1.77. The highest BCUT2D eigenvalue weighted by molar-refractivity contribution is 8.00. The third-order valence-electron chi connectivity index (χ3n) is 8.16. The second kappa shape index (κ2) is 14.0. The average molecular weight is 643 g/mol. The first-order valence-electron chi connectivity index (χ1n) is 15.3. The largest absolute Gasteiger partial charge is 0.459 e. The van der Waals surface area contributed by atoms with E-state index in [1.54, 1.807) is 22.5 Å². The van der Waals surface area contributed by atoms with Crippen LogP contribution in [0.4, 0.5) is 11.4 Å². The number of para-hydroxylation sites is 1. The first kappa shape index (κ1) is 31.7. The lowest BCUT2D eigenvalue weighted by Crippen LogP contribution is -2.32. The Balaban J connectivity index is 1.21. The molecule has 0 fully saturated rings. The van der Waals surface area contributed by atoms with Gasteiger partial charge in [0.15, 0.2) is 5.76 Å². The highest BCUT2D eigenvalue weighted by atomic mass is 32.2. The van der Waals surface area contributed by atoms with Gasteiger partial charge in [0.2, 0.25) is 6.29 Å². The van der Waals surface area contributed by atoms with Crippen molar-refractivity contribution in [2.75, 3.05) is 37.1 Å². The van der Waals surface area contributed by atoms with E-state index < -0.39 is 18.1 Å². The van der Waals surface area contributed by atoms with Crippen LogP contribution in [0, 0.1) is 13.8 Å². The number of thioether (sulfide) groups is 1. The smallest absolute Gasteiger partial charge is 0.290 e. The number of benzene rings is 3. The Morgan fingerprint density at radius 3 is 2.61 bits per heavy atom. The number of aliphatic hydroxyl groups is 1. The Bertz CT molecular complexity index is 1780. The lowest BCUT2D eigenvalue weighted by Gasteiger charge is -2.29. The van der Waals surface area contributed by atoms with E-state index in [1.165, 1.54) is 10.5 Å². The topological polar surface area (TPSA) is 116 Å². The number of nitrogens with zero attached hydrogens (tertiary/aromatic N) is 2. The first-order chi connectivity index (χ1) is 22.3. The molecule has 2 aliphatic heterocycles. The molecule has 10 nitrogen and oxygen atoms in total. The number of amides is 1. The minimum Gasteiger partial charge on any atom is -0.459 e. The zero-order valence-electron chi connectivity index (χ0n) is 26.1. The number of nitrogens with one attached hydrogen (secondary N) is 2. The number of hydrogen-bond donors (Lipinski definition) is 3. The Labute approximate surface area is 272 Å². The molecule has 0 saturated heterocycles. The number of rotatable bonds is 11. The summed E-state index contributed by atoms with van der Waals surface area (Å²) in [7, 11) is 1.85. The molecule has 11 heteroatoms. The number of hydrogen-bond acceptors (Lipinski definition) is 8. The molecule has 3 unspecified atom stereocenters. The standard InChI is InChI=1S/C35H38N4O6S/c1-22-9-14-28-30(19-22)46-34(37-28)24-10-12-26(13-11-24)36-33(41)29-20-25(21-31(45-29)44-18-17-43-16-15-40)32-23(2)38(3)39(35(32)42)27-7-5-4-6-8-27/h4-14,19-20,25,31,34,37,40H,15-18,21H2,1-3H3,(H,36,41). The maximum atomic E-state index is 13.8. The molecular formula is C35H38N4O6S. The van der Waals surface area contributed by atoms with Gasteiger partial charge in [-0.25, -0.2) is 4.68 Å². The summed E-state index contributed by atoms with van der Waals surface area (Å²) in [5.41, 5.74) is 6.01. The number of fused-ring (bicyclic) bond motifs is 1. The van der Waals surface area contributed by atoms with Gasteiger partial charge in [0.05, 0.1) is 32.1 Å². The van der Waals surface area contributed by atoms with Gasteiger partial charge in [-0.1, -0.05) is 48.2 Å². The number of ether oxygens (including phenoxy) is 3. The Morgan fingerprint density at radius 2 is 1.85 bits per heavy atom. The van der Waals surface area contributed by atoms with Crippen LogP contribution in [0.5, 0.6) is 0 Å². The number of carbonyl (C=O) groups is 1. The van der Waals surface area contributed by atoms with Gasteiger partial charge in [0.1, 0.15) is 5.37 Å². The van der Waals surface area contributed by atoms with Crippen molar-refractivity contribution < 1.29 is 24.1 Å². The van der Waals surface area contributed by atoms with E-state index in [0.29, 0.717) is 17.7 Å². The van der Waals surface area contributed by atoms with Gasteiger partial charge in [0, 0.05) is 46.9 Å². The minimum absolute atomic E-state index is 0.0781. The van der Waals surface area contributed by atoms with Crippen molar-refractivity contribution in [2.24, 2.45) is 7.05 Å². The second-order valence-corrected chi connectivity index (χ2v) is 12.5. The third-order valence-corrected chi connectivity index (χ3v) is 9.37. The average Bonchev–Trinajstić information content (AvgIpc) is 3.58. The molecule has 3 atom stereocenters. The molecule has 46 heavy (non-hydrogen) atoms. The van der Waals surface area contributed by atoms with Gasteiger partial charge >= 0.3 is 0 Å². The zero-order chi connectivity index (χ0) is 32.2. The fraction of sp³-hybridized carbons (Fsp3) is 0.314. The van der Waals surface area contributed by atoms with Gasteiger partial charge in [-0.15, -0.1) is 0 Å². The SMILES string of the molecule is Cc1ccc2c(c1)SC(c1ccc(NC(=O)C3=CC(c4c(C)n(C)n(-c5ccccc5)c4=O)CC(OCCOCCO)O3)cc1)N2. The van der Waals surface area contributed by atoms with Crippen LogP contribution in [-0.2, 0) is 26.1 Å². The van der Waals surface area contributed by atoms with Crippen LogP contribution in [0.1, 0.15) is 40.1 Å². The van der Waals surface area contributed by atoms with E-state index in [1.807, 2.05) is 73.3 Å². The van der Waals surface area contributed by atoms with Crippen LogP contribution >= 0.6 is 11.8 Å². The number of carbonyl (C=O) groups excluding carboxylic acids is 1. The van der Waals surface area contributed by atoms with Crippen molar-refractivity contribution in [3.8, 4) is 5.69 Å². The van der Waals surface area contributed by atoms with Crippen LogP contribution in [0.2, 0.25) is 0 Å². The number of aliphatic hydroxyl groups excluding tert-OH is 1. The van der Waals surface area contributed by atoms with Crippen LogP contribution < -0.4 is 16.2 Å². The van der Waals surface area contributed by atoms with E-state index >= 15 is 0 Å². The normalized spacial score (nSPS) is 18.8. The number of aryl methyl sites for hydroxylation is 1. The quantitative estimate of drug-likeness (QED) is 0.187. The van der Waals surface area contributed by atoms with Crippen LogP contribution in [0.3, 0.4) is 0 Å². The molecule has 3 aromatic carbocycles. The molecule has 0 radical (unpaired) electrons. The molecule has 3 heterocycles. The predicted molar refractivity (Wildman–Crippen MR) is 178 cm³/mol. The van der Waals surface area contributed by atoms with E-state index in [2.05, 4.69) is 35.8 Å². The van der Waals surface area contributed by atoms with Crippen molar-refractivity contribution in [3.05, 3.63) is 117 Å². The van der Waals surface area contributed by atoms with E-state index in [9.17, 15) is 9.59 Å². The summed E-state index contributed by atoms with van der Waals surface area (Å²) in [5, 5.41) is 15.6. The van der Waals surface area contributed by atoms with Crippen molar-refractivity contribution >= 4 is 29.0 Å². The van der Waals surface area contributed by atoms with Crippen molar-refractivity contribution in [2.45, 2.75) is 42.7 Å². The summed E-state index contributed by atoms with van der Waals surface area (Å²) in [6, 6.07) is 23.6. The Hall–Kier alpha value is -4.29. The molecule has 2 aliphatic rings. The maximum Gasteiger partial charge on any atom is 0.290 e. The van der Waals surface area contributed by atoms with Crippen molar-refractivity contribution in [1.29, 1.82) is 0 Å². The van der Waals surface area contributed by atoms with Crippen LogP contribution in [0.15, 0.2) is 94.3 Å². The number of anilines is 2. The molecule has 0 bridgehead atoms. The van der Waals surface area contributed by atoms with Crippen LogP contribution in [0.25, 0.3) is 5.69 Å². The van der Waals surface area contributed by atoms with E-state index in [4.69, 9.17) is 19.3 Å². The minimum atomic E-state index is -0.782. The highest BCUT2D eigenvalue weighted by Gasteiger charge is 2.33. The van der Waals surface area contributed by atoms with Crippen molar-refractivity contribution in [1.82, 2.24) is 9.36 Å². The van der Waals surface area contributed by atoms with Crippen LogP contribution in [-0.4, -0.2) is 53.1 Å². The Morgan fingerprint density at radius 1 is 1.07 bits per heavy atom. The first-order valence-corrected chi connectivity index (χ1v) is 16.2. The molecule has 1 amide bonds. The second-order valence-electron chi connectivity index (χ2n) is 11.3. The summed E-state index contributed by atoms with van der Waals surface area (Å²) in [6.07, 6.45) is 1.27. The molecule has 6 rings (SSSR count). The molecule has 240 valence electrons. The summed E-state index contributed by atoms with van der Waals surface area (Å²) < 4.78 is 20.8. The lowest BCUT2D eigenvalue weighted by atomic mass is 9.93. The monoisotopic (exact) mass is 642 g/mol. The molecular weight excluding hydrogens is 604 g/mol. The van der Waals surface area contributed by atoms with Gasteiger partial charge in [-0.3, -0.25) is 14.3 Å². The van der Waals surface area contributed by atoms with Crippen molar-refractivity contribution in [3.63, 3.8) is 0 Å². The molecule has 3 N–H and O–H groups in total. The molecule has 1 aromatic heterocycles. The van der Waals surface area contributed by atoms with E-state index in [0.717, 1.165) is 22.6 Å². The molecule has 0 spiro atoms. The van der Waals surface area contributed by atoms with Gasteiger partial charge in [0.25, 0.3) is 11.5 Å². The number of aromatic nitrogens is 2. The summed E-state index contributed by atoms with van der Waals surface area (Å²) in [6.45, 7) is 4.56. The maximum absolute atomic E-state index is 13.8. The van der Waals surface area contributed by atoms with E-state index in [-0.39, 0.29) is 43.1 Å². The molecule has 0 aliphatic carbocycles. The number of allylic oxidation sites excluding steroid dienone is 1. The predicted octanol–water partition coefficient (Wildman–Crippen LogP) is 5.39. The van der Waals surface area contributed by atoms with Gasteiger partial charge in [-0.05, 0) is 67.4 Å². The third kappa shape index (κ3) is 6.78. The lowest BCUT2D eigenvalue weighted by molar-refractivity contribution is -0.148. The Kier molecular flexibility index (Phi) is 9.64. The highest BCUT2D eigenvalue weighted by Crippen LogP contribution is 2.46. The molecule has 0 saturated carbocycles. The summed E-state index contributed by atoms with van der Waals surface area (Å²) in [4.78, 5) is 28.6. The fourth-order valence-electron chi connectivity index (χ4n) is 5.77. The zero-order valence-corrected chi connectivity index (χ0v) is 26.9. The summed E-state index contributed by atoms with van der Waals surface area (Å²) in [5.74, 6) is -0.787. The molecule has 4 aromatic rings. The fourth-order valence-corrected chi connectivity index (χ4v) is 7.01. The van der Waals surface area contributed by atoms with Gasteiger partial charge < -0.3 is 30.0 Å².